The number of ether oxygens (including phenoxy) is 1. The van der Waals surface area contributed by atoms with E-state index in [2.05, 4.69) is 20.6 Å². The largest absolute Gasteiger partial charge is 0.492 e. The second-order valence-electron chi connectivity index (χ2n) is 6.04. The molecule has 0 atom stereocenters. The van der Waals surface area contributed by atoms with Crippen LogP contribution in [0.1, 0.15) is 30.1 Å². The number of rotatable bonds is 6. The maximum Gasteiger partial charge on any atom is 0.296 e. The quantitative estimate of drug-likeness (QED) is 0.526. The number of carbonyl (C=O) groups excluding carboxylic acids is 1. The molecule has 0 saturated carbocycles. The van der Waals surface area contributed by atoms with Gasteiger partial charge in [0.25, 0.3) is 5.91 Å². The zero-order valence-electron chi connectivity index (χ0n) is 15.7. The van der Waals surface area contributed by atoms with Crippen LogP contribution in [-0.2, 0) is 6.54 Å². The number of nitrogens with one attached hydrogen (secondary N) is 1. The van der Waals surface area contributed by atoms with Crippen LogP contribution in [0.2, 0.25) is 0 Å². The third kappa shape index (κ3) is 3.24. The van der Waals surface area contributed by atoms with Gasteiger partial charge in [0.15, 0.2) is 5.13 Å². The summed E-state index contributed by atoms with van der Waals surface area (Å²) >= 11 is 1.37. The first-order valence-corrected chi connectivity index (χ1v) is 9.75. The molecular weight excluding hydrogens is 378 g/mol. The van der Waals surface area contributed by atoms with Gasteiger partial charge in [0, 0.05) is 23.9 Å². The van der Waals surface area contributed by atoms with E-state index in [-0.39, 0.29) is 5.76 Å². The lowest BCUT2D eigenvalue weighted by Crippen LogP contribution is -2.10. The highest BCUT2D eigenvalue weighted by Crippen LogP contribution is 2.32. The first kappa shape index (κ1) is 18.2. The van der Waals surface area contributed by atoms with Gasteiger partial charge in [-0.2, -0.15) is 5.10 Å². The summed E-state index contributed by atoms with van der Waals surface area (Å²) in [5.74, 6) is 0.404. The SMILES string of the molecule is CCOc1cccc2sc(NC(=O)c3cc(-c4cnn(CC)c4C)no3)nc12. The van der Waals surface area contributed by atoms with Gasteiger partial charge < -0.3 is 9.26 Å². The minimum absolute atomic E-state index is 0.114. The number of benzene rings is 1. The minimum atomic E-state index is -0.406. The molecule has 0 radical (unpaired) electrons. The molecule has 0 saturated heterocycles. The van der Waals surface area contributed by atoms with Crippen LogP contribution >= 0.6 is 11.3 Å². The van der Waals surface area contributed by atoms with Gasteiger partial charge in [0.1, 0.15) is 17.0 Å². The van der Waals surface area contributed by atoms with Gasteiger partial charge >= 0.3 is 0 Å². The highest BCUT2D eigenvalue weighted by Gasteiger charge is 2.19. The van der Waals surface area contributed by atoms with Gasteiger partial charge in [-0.05, 0) is 32.9 Å². The van der Waals surface area contributed by atoms with Crippen molar-refractivity contribution in [3.8, 4) is 17.0 Å². The van der Waals surface area contributed by atoms with E-state index in [1.165, 1.54) is 11.3 Å². The molecule has 3 aromatic heterocycles. The number of amides is 1. The lowest BCUT2D eigenvalue weighted by atomic mass is 10.2. The van der Waals surface area contributed by atoms with Crippen LogP contribution in [0.25, 0.3) is 21.5 Å². The summed E-state index contributed by atoms with van der Waals surface area (Å²) in [7, 11) is 0. The van der Waals surface area contributed by atoms with Crippen molar-refractivity contribution in [2.45, 2.75) is 27.3 Å². The van der Waals surface area contributed by atoms with Gasteiger partial charge in [-0.3, -0.25) is 14.8 Å². The molecule has 4 aromatic rings. The molecule has 0 fully saturated rings. The monoisotopic (exact) mass is 397 g/mol. The molecule has 1 amide bonds. The first-order chi connectivity index (χ1) is 13.6. The third-order valence-corrected chi connectivity index (χ3v) is 5.25. The molecule has 0 aliphatic rings. The van der Waals surface area contributed by atoms with E-state index in [0.29, 0.717) is 23.2 Å². The van der Waals surface area contributed by atoms with Crippen LogP contribution < -0.4 is 10.1 Å². The molecule has 0 spiro atoms. The second kappa shape index (κ2) is 7.43. The fourth-order valence-electron chi connectivity index (χ4n) is 2.93. The van der Waals surface area contributed by atoms with E-state index < -0.39 is 5.91 Å². The summed E-state index contributed by atoms with van der Waals surface area (Å²) in [5.41, 5.74) is 3.11. The molecule has 1 N–H and O–H groups in total. The van der Waals surface area contributed by atoms with Crippen molar-refractivity contribution in [2.75, 3.05) is 11.9 Å². The number of thiazole rings is 1. The van der Waals surface area contributed by atoms with Crippen LogP contribution in [0.5, 0.6) is 5.75 Å². The predicted molar refractivity (Wildman–Crippen MR) is 107 cm³/mol. The molecule has 8 nitrogen and oxygen atoms in total. The van der Waals surface area contributed by atoms with E-state index in [0.717, 1.165) is 28.0 Å². The smallest absolute Gasteiger partial charge is 0.296 e. The molecule has 0 aliphatic heterocycles. The summed E-state index contributed by atoms with van der Waals surface area (Å²) < 4.78 is 13.6. The van der Waals surface area contributed by atoms with E-state index in [4.69, 9.17) is 9.26 Å². The normalized spacial score (nSPS) is 11.1. The highest BCUT2D eigenvalue weighted by molar-refractivity contribution is 7.22. The Morgan fingerprint density at radius 1 is 1.36 bits per heavy atom. The van der Waals surface area contributed by atoms with Crippen LogP contribution in [-0.4, -0.2) is 32.4 Å². The van der Waals surface area contributed by atoms with Crippen molar-refractivity contribution in [3.05, 3.63) is 41.9 Å². The number of para-hydroxylation sites is 1. The van der Waals surface area contributed by atoms with Crippen LogP contribution in [0.4, 0.5) is 5.13 Å². The van der Waals surface area contributed by atoms with Gasteiger partial charge in [-0.1, -0.05) is 22.6 Å². The number of aromatic nitrogens is 4. The number of nitrogens with zero attached hydrogens (tertiary/aromatic N) is 4. The molecule has 0 bridgehead atoms. The molecular formula is C19H19N5O3S. The number of aryl methyl sites for hydroxylation is 1. The Balaban J connectivity index is 1.56. The van der Waals surface area contributed by atoms with Crippen molar-refractivity contribution in [1.82, 2.24) is 19.9 Å². The van der Waals surface area contributed by atoms with E-state index in [9.17, 15) is 4.79 Å². The van der Waals surface area contributed by atoms with Crippen molar-refractivity contribution in [3.63, 3.8) is 0 Å². The van der Waals surface area contributed by atoms with Crippen molar-refractivity contribution >= 4 is 32.6 Å². The van der Waals surface area contributed by atoms with Crippen LogP contribution in [0.3, 0.4) is 0 Å². The van der Waals surface area contributed by atoms with Crippen LogP contribution in [0.15, 0.2) is 35.0 Å². The number of carbonyl (C=O) groups is 1. The van der Waals surface area contributed by atoms with Crippen molar-refractivity contribution < 1.29 is 14.1 Å². The van der Waals surface area contributed by atoms with Gasteiger partial charge in [0.2, 0.25) is 5.76 Å². The van der Waals surface area contributed by atoms with Gasteiger partial charge in [0.05, 0.1) is 17.5 Å². The minimum Gasteiger partial charge on any atom is -0.492 e. The summed E-state index contributed by atoms with van der Waals surface area (Å²) in [6.07, 6.45) is 1.72. The Labute approximate surface area is 165 Å². The fraction of sp³-hybridized carbons (Fsp3) is 0.263. The highest BCUT2D eigenvalue weighted by atomic mass is 32.1. The number of fused-ring (bicyclic) bond motifs is 1. The topological polar surface area (TPSA) is 95.1 Å². The van der Waals surface area contributed by atoms with E-state index >= 15 is 0 Å². The zero-order valence-corrected chi connectivity index (χ0v) is 16.5. The predicted octanol–water partition coefficient (Wildman–Crippen LogP) is 4.13. The zero-order chi connectivity index (χ0) is 19.7. The third-order valence-electron chi connectivity index (χ3n) is 4.31. The van der Waals surface area contributed by atoms with Gasteiger partial charge in [-0.15, -0.1) is 0 Å². The summed E-state index contributed by atoms with van der Waals surface area (Å²) in [4.78, 5) is 17.0. The fourth-order valence-corrected chi connectivity index (χ4v) is 3.81. The maximum absolute atomic E-state index is 12.6. The average Bonchev–Trinajstić information content (AvgIpc) is 3.39. The molecule has 144 valence electrons. The van der Waals surface area contributed by atoms with Crippen molar-refractivity contribution in [2.24, 2.45) is 0 Å². The summed E-state index contributed by atoms with van der Waals surface area (Å²) in [5, 5.41) is 11.6. The molecule has 9 heteroatoms. The number of hydrogen-bond donors (Lipinski definition) is 1. The molecule has 1 aromatic carbocycles. The molecule has 4 rings (SSSR count). The Morgan fingerprint density at radius 3 is 2.96 bits per heavy atom. The van der Waals surface area contributed by atoms with E-state index in [1.807, 2.05) is 43.7 Å². The van der Waals surface area contributed by atoms with Crippen LogP contribution in [0, 0.1) is 6.92 Å². The summed E-state index contributed by atoms with van der Waals surface area (Å²) in [6, 6.07) is 7.31. The van der Waals surface area contributed by atoms with Gasteiger partial charge in [-0.25, -0.2) is 4.98 Å². The lowest BCUT2D eigenvalue weighted by Gasteiger charge is -2.01. The molecule has 28 heavy (non-hydrogen) atoms. The lowest BCUT2D eigenvalue weighted by molar-refractivity contribution is 0.0988. The average molecular weight is 397 g/mol. The van der Waals surface area contributed by atoms with Crippen molar-refractivity contribution in [1.29, 1.82) is 0 Å². The number of hydrogen-bond acceptors (Lipinski definition) is 7. The first-order valence-electron chi connectivity index (χ1n) is 8.93. The maximum atomic E-state index is 12.6. The molecule has 0 aliphatic carbocycles. The Bertz CT molecular complexity index is 1140. The Morgan fingerprint density at radius 2 is 2.21 bits per heavy atom. The molecule has 0 unspecified atom stereocenters. The Hall–Kier alpha value is -3.20. The molecule has 3 heterocycles. The summed E-state index contributed by atoms with van der Waals surface area (Å²) in [6.45, 7) is 7.20. The number of anilines is 1. The van der Waals surface area contributed by atoms with E-state index in [1.54, 1.807) is 12.3 Å². The standard InChI is InChI=1S/C19H19N5O3S/c1-4-24-11(3)12(10-20-24)13-9-15(27-23-13)18(25)22-19-21-17-14(26-5-2)7-6-8-16(17)28-19/h6-10H,4-5H2,1-3H3,(H,21,22,25). The second-order valence-corrected chi connectivity index (χ2v) is 7.08. The Kier molecular flexibility index (Phi) is 4.82.